The van der Waals surface area contributed by atoms with Crippen molar-refractivity contribution in [3.63, 3.8) is 0 Å². The van der Waals surface area contributed by atoms with E-state index in [0.29, 0.717) is 17.6 Å². The second kappa shape index (κ2) is 5.71. The molecule has 0 spiro atoms. The Balaban J connectivity index is 0. The van der Waals surface area contributed by atoms with Gasteiger partial charge in [0.05, 0.1) is 35.7 Å². The zero-order chi connectivity index (χ0) is 7.33. The lowest BCUT2D eigenvalue weighted by molar-refractivity contribution is -0.890. The van der Waals surface area contributed by atoms with E-state index in [9.17, 15) is 0 Å². The molecule has 0 bridgehead atoms. The van der Waals surface area contributed by atoms with Gasteiger partial charge in [0, 0.05) is 0 Å². The number of rotatable bonds is 4. The number of quaternary nitrogens is 1. The molecule has 0 aromatic carbocycles. The smallest absolute Gasteiger partial charge is 0.102 e. The fourth-order valence-corrected chi connectivity index (χ4v) is 0.653. The van der Waals surface area contributed by atoms with Crippen molar-refractivity contribution in [3.8, 4) is 0 Å². The Hall–Kier alpha value is -0.0551. The van der Waals surface area contributed by atoms with Crippen molar-refractivity contribution in [1.29, 1.82) is 0 Å². The number of aliphatic hydroxyl groups excluding tert-OH is 2. The van der Waals surface area contributed by atoms with Crippen LogP contribution in [0.15, 0.2) is 0 Å². The molecule has 0 rings (SSSR count). The van der Waals surface area contributed by atoms with Gasteiger partial charge in [0.15, 0.2) is 0 Å². The maximum absolute atomic E-state index is 8.53. The summed E-state index contributed by atoms with van der Waals surface area (Å²) in [5.41, 5.74) is 0. The van der Waals surface area contributed by atoms with E-state index in [-0.39, 0.29) is 21.6 Å². The molecule has 0 fully saturated rings. The van der Waals surface area contributed by atoms with Crippen LogP contribution in [0.5, 0.6) is 0 Å². The second-order valence-electron chi connectivity index (χ2n) is 2.83. The molecule has 0 saturated carbocycles. The molecule has 0 radical (unpaired) electrons. The van der Waals surface area contributed by atoms with Crippen molar-refractivity contribution in [3.05, 3.63) is 0 Å². The summed E-state index contributed by atoms with van der Waals surface area (Å²) in [4.78, 5) is 0. The monoisotopic (exact) mass is 148 g/mol. The zero-order valence-corrected chi connectivity index (χ0v) is 6.17. The molecule has 0 aromatic rings. The van der Waals surface area contributed by atoms with E-state index in [0.717, 1.165) is 0 Å². The standard InChI is InChI=1S/C6H16NO2.BH3/c1-7(2,3-5-8)4-6-9;/h8-9H,3-6H2,1-2H3;1H3/q+1;. The molecule has 62 valence electrons. The Morgan fingerprint density at radius 2 is 1.30 bits per heavy atom. The molecule has 10 heavy (non-hydrogen) atoms. The van der Waals surface area contributed by atoms with Crippen molar-refractivity contribution < 1.29 is 14.7 Å². The number of hydrogen-bond acceptors (Lipinski definition) is 2. The van der Waals surface area contributed by atoms with E-state index in [4.69, 9.17) is 10.2 Å². The largest absolute Gasteiger partial charge is 0.391 e. The van der Waals surface area contributed by atoms with Crippen LogP contribution in [-0.2, 0) is 0 Å². The van der Waals surface area contributed by atoms with Crippen LogP contribution in [0.2, 0.25) is 0 Å². The summed E-state index contributed by atoms with van der Waals surface area (Å²) in [6, 6.07) is 0. The Bertz CT molecular complexity index is 70.1. The maximum Gasteiger partial charge on any atom is 0.102 e. The lowest BCUT2D eigenvalue weighted by atomic mass is 10.4. The minimum Gasteiger partial charge on any atom is -0.391 e. The van der Waals surface area contributed by atoms with Gasteiger partial charge in [0.2, 0.25) is 0 Å². The highest BCUT2D eigenvalue weighted by Gasteiger charge is 2.11. The molecule has 3 nitrogen and oxygen atoms in total. The van der Waals surface area contributed by atoms with Crippen LogP contribution in [-0.4, -0.2) is 63.5 Å². The van der Waals surface area contributed by atoms with E-state index >= 15 is 0 Å². The van der Waals surface area contributed by atoms with Crippen LogP contribution < -0.4 is 0 Å². The molecule has 0 aliphatic rings. The van der Waals surface area contributed by atoms with Gasteiger partial charge in [0.25, 0.3) is 0 Å². The van der Waals surface area contributed by atoms with Crippen molar-refractivity contribution in [2.45, 2.75) is 0 Å². The van der Waals surface area contributed by atoms with Gasteiger partial charge in [-0.15, -0.1) is 0 Å². The van der Waals surface area contributed by atoms with Crippen molar-refractivity contribution in [1.82, 2.24) is 0 Å². The van der Waals surface area contributed by atoms with E-state index in [1.54, 1.807) is 0 Å². The Morgan fingerprint density at radius 3 is 1.50 bits per heavy atom. The Labute approximate surface area is 64.4 Å². The summed E-state index contributed by atoms with van der Waals surface area (Å²) >= 11 is 0. The number of nitrogens with zero attached hydrogens (tertiary/aromatic N) is 1. The molecular weight excluding hydrogens is 129 g/mol. The molecule has 0 atom stereocenters. The fraction of sp³-hybridized carbons (Fsp3) is 1.00. The molecule has 0 saturated heterocycles. The summed E-state index contributed by atoms with van der Waals surface area (Å²) < 4.78 is 0.688. The minimum atomic E-state index is 0. The Morgan fingerprint density at radius 1 is 1.00 bits per heavy atom. The predicted molar refractivity (Wildman–Crippen MR) is 46.0 cm³/mol. The van der Waals surface area contributed by atoms with E-state index < -0.39 is 0 Å². The molecule has 0 unspecified atom stereocenters. The molecule has 2 N–H and O–H groups in total. The van der Waals surface area contributed by atoms with Gasteiger partial charge in [0.1, 0.15) is 13.1 Å². The van der Waals surface area contributed by atoms with E-state index in [1.165, 1.54) is 0 Å². The molecule has 0 aliphatic heterocycles. The number of likely N-dealkylation sites (N-methyl/N-ethyl adjacent to an activating group) is 1. The first-order valence-corrected chi connectivity index (χ1v) is 3.16. The topological polar surface area (TPSA) is 40.5 Å². The highest BCUT2D eigenvalue weighted by Crippen LogP contribution is 1.92. The van der Waals surface area contributed by atoms with Gasteiger partial charge in [-0.3, -0.25) is 0 Å². The van der Waals surface area contributed by atoms with Crippen LogP contribution in [0.3, 0.4) is 0 Å². The predicted octanol–water partition coefficient (Wildman–Crippen LogP) is -2.14. The summed E-state index contributed by atoms with van der Waals surface area (Å²) in [5.74, 6) is 0. The highest BCUT2D eigenvalue weighted by atomic mass is 16.3. The van der Waals surface area contributed by atoms with Gasteiger partial charge in [-0.1, -0.05) is 0 Å². The summed E-state index contributed by atoms with van der Waals surface area (Å²) in [7, 11) is 3.96. The van der Waals surface area contributed by atoms with Gasteiger partial charge in [-0.25, -0.2) is 0 Å². The molecule has 4 heteroatoms. The molecule has 0 heterocycles. The van der Waals surface area contributed by atoms with Crippen molar-refractivity contribution >= 4 is 8.41 Å². The van der Waals surface area contributed by atoms with Crippen LogP contribution in [0, 0.1) is 0 Å². The average molecular weight is 148 g/mol. The van der Waals surface area contributed by atoms with Crippen LogP contribution >= 0.6 is 0 Å². The first-order valence-electron chi connectivity index (χ1n) is 3.16. The third-order valence-corrected chi connectivity index (χ3v) is 1.41. The summed E-state index contributed by atoms with van der Waals surface area (Å²) in [6.07, 6.45) is 0. The van der Waals surface area contributed by atoms with Gasteiger partial charge >= 0.3 is 0 Å². The number of aliphatic hydroxyl groups is 2. The second-order valence-corrected chi connectivity index (χ2v) is 2.83. The maximum atomic E-state index is 8.53. The normalized spacial score (nSPS) is 10.8. The minimum absolute atomic E-state index is 0. The quantitative estimate of drug-likeness (QED) is 0.353. The van der Waals surface area contributed by atoms with Crippen LogP contribution in [0.25, 0.3) is 0 Å². The van der Waals surface area contributed by atoms with E-state index in [2.05, 4.69) is 0 Å². The van der Waals surface area contributed by atoms with Gasteiger partial charge < -0.3 is 14.7 Å². The highest BCUT2D eigenvalue weighted by molar-refractivity contribution is 5.75. The molecule has 0 aromatic heterocycles. The van der Waals surface area contributed by atoms with Gasteiger partial charge in [-0.2, -0.15) is 0 Å². The summed E-state index contributed by atoms with van der Waals surface area (Å²) in [6.45, 7) is 1.79. The third-order valence-electron chi connectivity index (χ3n) is 1.41. The fourth-order valence-electron chi connectivity index (χ4n) is 0.653. The van der Waals surface area contributed by atoms with Crippen molar-refractivity contribution in [2.75, 3.05) is 40.4 Å². The summed E-state index contributed by atoms with van der Waals surface area (Å²) in [5, 5.41) is 17.1. The number of hydrogen-bond donors (Lipinski definition) is 2. The van der Waals surface area contributed by atoms with Crippen LogP contribution in [0.1, 0.15) is 0 Å². The van der Waals surface area contributed by atoms with E-state index in [1.807, 2.05) is 14.1 Å². The molecular formula is C6H19BNO2+. The average Bonchev–Trinajstić information content (AvgIpc) is 1.64. The van der Waals surface area contributed by atoms with Gasteiger partial charge in [-0.05, 0) is 0 Å². The lowest BCUT2D eigenvalue weighted by Gasteiger charge is -2.27. The Kier molecular flexibility index (Phi) is 7.20. The third kappa shape index (κ3) is 6.07. The first kappa shape index (κ1) is 12.6. The first-order chi connectivity index (χ1) is 4.12. The molecule has 0 aliphatic carbocycles. The zero-order valence-electron chi connectivity index (χ0n) is 6.17. The SMILES string of the molecule is B.C[N+](C)(CCO)CCO. The van der Waals surface area contributed by atoms with Crippen molar-refractivity contribution in [2.24, 2.45) is 0 Å². The molecule has 0 amide bonds. The van der Waals surface area contributed by atoms with Crippen LogP contribution in [0.4, 0.5) is 0 Å². The lowest BCUT2D eigenvalue weighted by Crippen LogP contribution is -2.43.